The van der Waals surface area contributed by atoms with Crippen molar-refractivity contribution in [1.29, 1.82) is 0 Å². The number of ether oxygens (including phenoxy) is 1. The zero-order chi connectivity index (χ0) is 24.9. The number of nitrogens with one attached hydrogen (secondary N) is 1. The van der Waals surface area contributed by atoms with Crippen LogP contribution in [0.3, 0.4) is 0 Å². The van der Waals surface area contributed by atoms with E-state index in [4.69, 9.17) is 4.74 Å². The third kappa shape index (κ3) is 5.93. The molecule has 5 rings (SSSR count). The van der Waals surface area contributed by atoms with Crippen LogP contribution in [0.2, 0.25) is 0 Å². The molecule has 1 fully saturated rings. The zero-order valence-corrected chi connectivity index (χ0v) is 21.0. The summed E-state index contributed by atoms with van der Waals surface area (Å²) in [7, 11) is 2.17. The van der Waals surface area contributed by atoms with Gasteiger partial charge in [-0.1, -0.05) is 30.3 Å². The van der Waals surface area contributed by atoms with E-state index in [1.54, 1.807) is 12.1 Å². The van der Waals surface area contributed by atoms with Gasteiger partial charge in [0.15, 0.2) is 0 Å². The molecule has 1 saturated heterocycles. The fourth-order valence-corrected chi connectivity index (χ4v) is 4.52. The van der Waals surface area contributed by atoms with Gasteiger partial charge in [0.05, 0.1) is 5.69 Å². The number of benzene rings is 2. The minimum Gasteiger partial charge on any atom is -0.487 e. The molecule has 0 bridgehead atoms. The number of nitrogens with zero attached hydrogens (tertiary/aromatic N) is 4. The van der Waals surface area contributed by atoms with Gasteiger partial charge in [-0.3, -0.25) is 9.69 Å². The maximum atomic E-state index is 12.7. The Balaban J connectivity index is 1.12. The molecule has 1 amide bonds. The van der Waals surface area contributed by atoms with Crippen molar-refractivity contribution < 1.29 is 9.53 Å². The van der Waals surface area contributed by atoms with Crippen molar-refractivity contribution in [3.8, 4) is 5.75 Å². The molecule has 1 N–H and O–H groups in total. The van der Waals surface area contributed by atoms with E-state index in [0.29, 0.717) is 24.5 Å². The molecule has 1 aliphatic rings. The summed E-state index contributed by atoms with van der Waals surface area (Å²) in [6.07, 6.45) is 3.96. The summed E-state index contributed by atoms with van der Waals surface area (Å²) in [6, 6.07) is 19.8. The lowest BCUT2D eigenvalue weighted by molar-refractivity contribution is 0.0951. The topological polar surface area (TPSA) is 62.1 Å². The molecule has 0 atom stereocenters. The standard InChI is InChI=1S/C29H33N5O2/c1-22-5-4-12-34-20-26(31-28(22)34)21-36-27-10-8-25(9-11-27)29(35)30-18-23-6-3-7-24(17-23)19-33-15-13-32(2)14-16-33/h3-12,17,20H,13-16,18-19,21H2,1-2H3,(H,30,35). The maximum absolute atomic E-state index is 12.7. The maximum Gasteiger partial charge on any atom is 0.251 e. The second kappa shape index (κ2) is 10.9. The van der Waals surface area contributed by atoms with Crippen LogP contribution in [0.4, 0.5) is 0 Å². The number of aryl methyl sites for hydroxylation is 1. The summed E-state index contributed by atoms with van der Waals surface area (Å²) in [5.74, 6) is 0.610. The van der Waals surface area contributed by atoms with Crippen molar-refractivity contribution in [2.24, 2.45) is 0 Å². The Kier molecular flexibility index (Phi) is 7.30. The number of likely N-dealkylation sites (N-methyl/N-ethyl adjacent to an activating group) is 1. The normalized spacial score (nSPS) is 14.7. The van der Waals surface area contributed by atoms with Crippen LogP contribution < -0.4 is 10.1 Å². The van der Waals surface area contributed by atoms with E-state index in [1.807, 2.05) is 48.0 Å². The van der Waals surface area contributed by atoms with Gasteiger partial charge in [-0.15, -0.1) is 0 Å². The number of hydrogen-bond acceptors (Lipinski definition) is 5. The molecule has 0 spiro atoms. The average Bonchev–Trinajstić information content (AvgIpc) is 3.33. The van der Waals surface area contributed by atoms with Gasteiger partial charge >= 0.3 is 0 Å². The number of fused-ring (bicyclic) bond motifs is 1. The number of piperazine rings is 1. The van der Waals surface area contributed by atoms with Crippen molar-refractivity contribution >= 4 is 11.6 Å². The molecule has 0 unspecified atom stereocenters. The van der Waals surface area contributed by atoms with Crippen LogP contribution in [-0.2, 0) is 19.7 Å². The summed E-state index contributed by atoms with van der Waals surface area (Å²) >= 11 is 0. The van der Waals surface area contributed by atoms with Crippen LogP contribution in [0.15, 0.2) is 73.1 Å². The van der Waals surface area contributed by atoms with Gasteiger partial charge in [-0.2, -0.15) is 0 Å². The van der Waals surface area contributed by atoms with Crippen molar-refractivity contribution in [3.05, 3.63) is 101 Å². The lowest BCUT2D eigenvalue weighted by Crippen LogP contribution is -2.43. The Morgan fingerprint density at radius 1 is 1.00 bits per heavy atom. The highest BCUT2D eigenvalue weighted by atomic mass is 16.5. The molecule has 2 aromatic heterocycles. The first-order valence-electron chi connectivity index (χ1n) is 12.5. The quantitative estimate of drug-likeness (QED) is 0.412. The van der Waals surface area contributed by atoms with E-state index in [-0.39, 0.29) is 5.91 Å². The number of amides is 1. The van der Waals surface area contributed by atoms with Crippen LogP contribution in [0.5, 0.6) is 5.75 Å². The number of rotatable bonds is 8. The predicted molar refractivity (Wildman–Crippen MR) is 141 cm³/mol. The lowest BCUT2D eigenvalue weighted by atomic mass is 10.1. The fraction of sp³-hybridized carbons (Fsp3) is 0.310. The molecule has 7 nitrogen and oxygen atoms in total. The highest BCUT2D eigenvalue weighted by Gasteiger charge is 2.14. The Hall–Kier alpha value is -3.68. The molecule has 0 aliphatic carbocycles. The first kappa shape index (κ1) is 24.0. The van der Waals surface area contributed by atoms with Crippen LogP contribution in [0.1, 0.15) is 32.7 Å². The van der Waals surface area contributed by atoms with E-state index < -0.39 is 0 Å². The van der Waals surface area contributed by atoms with Gasteiger partial charge in [0, 0.05) is 57.2 Å². The fourth-order valence-electron chi connectivity index (χ4n) is 4.52. The Morgan fingerprint density at radius 3 is 2.56 bits per heavy atom. The molecule has 2 aromatic carbocycles. The van der Waals surface area contributed by atoms with Gasteiger partial charge in [0.25, 0.3) is 5.91 Å². The number of carbonyl (C=O) groups is 1. The zero-order valence-electron chi connectivity index (χ0n) is 21.0. The SMILES string of the molecule is Cc1cccn2cc(COc3ccc(C(=O)NCc4cccc(CN5CCN(C)CC5)c4)cc3)nc12. The molecule has 3 heterocycles. The Labute approximate surface area is 212 Å². The molecule has 186 valence electrons. The molecular formula is C29H33N5O2. The minimum absolute atomic E-state index is 0.0955. The van der Waals surface area contributed by atoms with Crippen molar-refractivity contribution in [1.82, 2.24) is 24.5 Å². The monoisotopic (exact) mass is 483 g/mol. The second-order valence-corrected chi connectivity index (χ2v) is 9.55. The molecule has 0 saturated carbocycles. The summed E-state index contributed by atoms with van der Waals surface area (Å²) in [4.78, 5) is 22.2. The smallest absolute Gasteiger partial charge is 0.251 e. The van der Waals surface area contributed by atoms with Crippen LogP contribution >= 0.6 is 0 Å². The number of imidazole rings is 1. The lowest BCUT2D eigenvalue weighted by Gasteiger charge is -2.32. The third-order valence-corrected chi connectivity index (χ3v) is 6.68. The Bertz CT molecular complexity index is 1320. The number of carbonyl (C=O) groups excluding carboxylic acids is 1. The van der Waals surface area contributed by atoms with Crippen LogP contribution in [-0.4, -0.2) is 58.3 Å². The first-order chi connectivity index (χ1) is 17.5. The average molecular weight is 484 g/mol. The summed E-state index contributed by atoms with van der Waals surface area (Å²) in [5, 5.41) is 3.04. The van der Waals surface area contributed by atoms with E-state index >= 15 is 0 Å². The first-order valence-corrected chi connectivity index (χ1v) is 12.5. The molecular weight excluding hydrogens is 450 g/mol. The molecule has 4 aromatic rings. The Morgan fingerprint density at radius 2 is 1.78 bits per heavy atom. The van der Waals surface area contributed by atoms with E-state index in [9.17, 15) is 4.79 Å². The van der Waals surface area contributed by atoms with Crippen molar-refractivity contribution in [2.45, 2.75) is 26.6 Å². The molecule has 36 heavy (non-hydrogen) atoms. The van der Waals surface area contributed by atoms with Gasteiger partial charge < -0.3 is 19.4 Å². The number of aromatic nitrogens is 2. The van der Waals surface area contributed by atoms with Gasteiger partial charge in [-0.25, -0.2) is 4.98 Å². The van der Waals surface area contributed by atoms with Gasteiger partial charge in [0.1, 0.15) is 18.0 Å². The molecule has 1 aliphatic heterocycles. The molecule has 7 heteroatoms. The van der Waals surface area contributed by atoms with Crippen LogP contribution in [0.25, 0.3) is 5.65 Å². The number of pyridine rings is 1. The van der Waals surface area contributed by atoms with E-state index in [2.05, 4.69) is 51.4 Å². The summed E-state index contributed by atoms with van der Waals surface area (Å²) in [6.45, 7) is 8.27. The van der Waals surface area contributed by atoms with Crippen LogP contribution in [0, 0.1) is 6.92 Å². The van der Waals surface area contributed by atoms with Crippen molar-refractivity contribution in [2.75, 3.05) is 33.2 Å². The predicted octanol–water partition coefficient (Wildman–Crippen LogP) is 3.90. The van der Waals surface area contributed by atoms with E-state index in [1.165, 1.54) is 5.56 Å². The largest absolute Gasteiger partial charge is 0.487 e. The highest BCUT2D eigenvalue weighted by Crippen LogP contribution is 2.16. The van der Waals surface area contributed by atoms with Gasteiger partial charge in [-0.05, 0) is 61.0 Å². The second-order valence-electron chi connectivity index (χ2n) is 9.55. The highest BCUT2D eigenvalue weighted by molar-refractivity contribution is 5.94. The summed E-state index contributed by atoms with van der Waals surface area (Å²) < 4.78 is 7.90. The van der Waals surface area contributed by atoms with Gasteiger partial charge in [0.2, 0.25) is 0 Å². The minimum atomic E-state index is -0.0955. The summed E-state index contributed by atoms with van der Waals surface area (Å²) in [5.41, 5.74) is 5.93. The van der Waals surface area contributed by atoms with Crippen molar-refractivity contribution in [3.63, 3.8) is 0 Å². The third-order valence-electron chi connectivity index (χ3n) is 6.68. The van der Waals surface area contributed by atoms with E-state index in [0.717, 1.165) is 55.2 Å². The number of hydrogen-bond donors (Lipinski definition) is 1. The molecule has 0 radical (unpaired) electrons.